The van der Waals surface area contributed by atoms with E-state index in [0.29, 0.717) is 36.7 Å². The highest BCUT2D eigenvalue weighted by molar-refractivity contribution is 6.53. The van der Waals surface area contributed by atoms with Gasteiger partial charge < -0.3 is 14.2 Å². The molecule has 0 bridgehead atoms. The number of benzene rings is 1. The molecular weight excluding hydrogens is 331 g/mol. The van der Waals surface area contributed by atoms with E-state index in [4.69, 9.17) is 37.4 Å². The quantitative estimate of drug-likeness (QED) is 0.477. The normalized spacial score (nSPS) is 24.5. The van der Waals surface area contributed by atoms with Crippen molar-refractivity contribution in [3.8, 4) is 11.5 Å². The summed E-state index contributed by atoms with van der Waals surface area (Å²) in [5.74, 6) is 0.213. The molecule has 118 valence electrons. The van der Waals surface area contributed by atoms with Gasteiger partial charge in [-0.1, -0.05) is 0 Å². The summed E-state index contributed by atoms with van der Waals surface area (Å²) in [7, 11) is 0. The molecule has 1 saturated carbocycles. The van der Waals surface area contributed by atoms with Gasteiger partial charge in [0.1, 0.15) is 23.0 Å². The highest BCUT2D eigenvalue weighted by atomic mass is 35.5. The molecule has 0 aromatic heterocycles. The van der Waals surface area contributed by atoms with Crippen LogP contribution in [0.1, 0.15) is 23.7 Å². The number of carbonyl (C=O) groups excluding carboxylic acids is 2. The monoisotopic (exact) mass is 344 g/mol. The Kier molecular flexibility index (Phi) is 3.73. The average molecular weight is 345 g/mol. The van der Waals surface area contributed by atoms with Crippen LogP contribution in [0.25, 0.3) is 0 Å². The lowest BCUT2D eigenvalue weighted by atomic mass is 10.1. The molecule has 3 rings (SSSR count). The van der Waals surface area contributed by atoms with Crippen molar-refractivity contribution in [2.75, 3.05) is 19.8 Å². The Hall–Kier alpha value is -1.46. The van der Waals surface area contributed by atoms with Crippen molar-refractivity contribution >= 4 is 35.0 Å². The van der Waals surface area contributed by atoms with Gasteiger partial charge in [-0.2, -0.15) is 0 Å². The first kappa shape index (κ1) is 15.4. The van der Waals surface area contributed by atoms with E-state index in [1.54, 1.807) is 25.1 Å². The summed E-state index contributed by atoms with van der Waals surface area (Å²) in [6, 6.07) is 4.85. The van der Waals surface area contributed by atoms with Crippen molar-refractivity contribution in [2.45, 2.75) is 17.7 Å². The Morgan fingerprint density at radius 3 is 2.50 bits per heavy atom. The standard InChI is InChI=1S/C15H14Cl2O5/c1-14(8-15(14,16)17)13(19)22-7-10(18)9-2-3-11-12(6-9)21-5-4-20-11/h2-3,6H,4-5,7-8H2,1H3/t14-/m0/s1. The molecule has 0 spiro atoms. The van der Waals surface area contributed by atoms with Gasteiger partial charge >= 0.3 is 5.97 Å². The number of alkyl halides is 2. The molecule has 1 fully saturated rings. The van der Waals surface area contributed by atoms with Crippen LogP contribution in [0.2, 0.25) is 0 Å². The second-order valence-corrected chi connectivity index (χ2v) is 7.05. The highest BCUT2D eigenvalue weighted by Crippen LogP contribution is 2.64. The van der Waals surface area contributed by atoms with Crippen molar-refractivity contribution in [1.29, 1.82) is 0 Å². The number of Topliss-reactive ketones (excluding diaryl/α,β-unsaturated/α-hetero) is 1. The fourth-order valence-corrected chi connectivity index (χ4v) is 2.90. The zero-order valence-electron chi connectivity index (χ0n) is 11.9. The number of hydrogen-bond acceptors (Lipinski definition) is 5. The van der Waals surface area contributed by atoms with Gasteiger partial charge in [0.15, 0.2) is 23.9 Å². The Labute approximate surface area is 137 Å². The van der Waals surface area contributed by atoms with Crippen LogP contribution >= 0.6 is 23.2 Å². The van der Waals surface area contributed by atoms with Gasteiger partial charge in [-0.05, 0) is 25.1 Å². The van der Waals surface area contributed by atoms with Crippen LogP contribution < -0.4 is 9.47 Å². The number of esters is 1. The van der Waals surface area contributed by atoms with Gasteiger partial charge in [0.05, 0.1) is 0 Å². The van der Waals surface area contributed by atoms with Gasteiger partial charge in [0, 0.05) is 12.0 Å². The van der Waals surface area contributed by atoms with Crippen LogP contribution in [0.15, 0.2) is 18.2 Å². The molecule has 0 saturated heterocycles. The Morgan fingerprint density at radius 1 is 1.23 bits per heavy atom. The molecule has 0 radical (unpaired) electrons. The van der Waals surface area contributed by atoms with E-state index in [1.165, 1.54) is 0 Å². The van der Waals surface area contributed by atoms with Crippen molar-refractivity contribution < 1.29 is 23.8 Å². The Bertz CT molecular complexity index is 643. The predicted molar refractivity (Wildman–Crippen MR) is 79.9 cm³/mol. The molecule has 0 N–H and O–H groups in total. The molecule has 1 heterocycles. The Balaban J connectivity index is 1.62. The maximum atomic E-state index is 12.1. The van der Waals surface area contributed by atoms with Crippen molar-refractivity contribution in [3.63, 3.8) is 0 Å². The minimum absolute atomic E-state index is 0.320. The molecule has 1 aliphatic heterocycles. The van der Waals surface area contributed by atoms with Gasteiger partial charge in [-0.25, -0.2) is 0 Å². The number of halogens is 2. The van der Waals surface area contributed by atoms with Gasteiger partial charge in [0.2, 0.25) is 0 Å². The molecule has 7 heteroatoms. The minimum atomic E-state index is -1.11. The lowest BCUT2D eigenvalue weighted by molar-refractivity contribution is -0.148. The number of hydrogen-bond donors (Lipinski definition) is 0. The van der Waals surface area contributed by atoms with Crippen molar-refractivity contribution in [3.05, 3.63) is 23.8 Å². The summed E-state index contributed by atoms with van der Waals surface area (Å²) in [4.78, 5) is 24.0. The van der Waals surface area contributed by atoms with Crippen LogP contribution in [0, 0.1) is 5.41 Å². The van der Waals surface area contributed by atoms with Crippen molar-refractivity contribution in [1.82, 2.24) is 0 Å². The summed E-state index contributed by atoms with van der Waals surface area (Å²) in [6.45, 7) is 2.17. The average Bonchev–Trinajstić information content (AvgIpc) is 3.03. The lowest BCUT2D eigenvalue weighted by Gasteiger charge is -2.18. The zero-order valence-corrected chi connectivity index (χ0v) is 13.4. The van der Waals surface area contributed by atoms with Gasteiger partial charge in [-0.3, -0.25) is 9.59 Å². The predicted octanol–water partition coefficient (Wildman–Crippen LogP) is 2.77. The third kappa shape index (κ3) is 2.63. The summed E-state index contributed by atoms with van der Waals surface area (Å²) < 4.78 is 14.7. The molecule has 1 aromatic carbocycles. The molecular formula is C15H14Cl2O5. The fourth-order valence-electron chi connectivity index (χ4n) is 2.21. The number of ether oxygens (including phenoxy) is 3. The summed E-state index contributed by atoms with van der Waals surface area (Å²) in [5.41, 5.74) is -0.551. The van der Waals surface area contributed by atoms with E-state index in [9.17, 15) is 9.59 Å². The summed E-state index contributed by atoms with van der Waals surface area (Å²) >= 11 is 11.8. The van der Waals surface area contributed by atoms with Crippen LogP contribution in [0.5, 0.6) is 11.5 Å². The molecule has 5 nitrogen and oxygen atoms in total. The van der Waals surface area contributed by atoms with Crippen LogP contribution in [0.4, 0.5) is 0 Å². The molecule has 0 unspecified atom stereocenters. The first-order chi connectivity index (χ1) is 10.3. The molecule has 1 aromatic rings. The number of ketones is 1. The minimum Gasteiger partial charge on any atom is -0.486 e. The molecule has 0 amide bonds. The van der Waals surface area contributed by atoms with Crippen LogP contribution in [0.3, 0.4) is 0 Å². The van der Waals surface area contributed by atoms with Crippen molar-refractivity contribution in [2.24, 2.45) is 5.41 Å². The number of carbonyl (C=O) groups is 2. The van der Waals surface area contributed by atoms with E-state index in [0.717, 1.165) is 0 Å². The molecule has 2 aliphatic rings. The maximum Gasteiger partial charge on any atom is 0.315 e. The second-order valence-electron chi connectivity index (χ2n) is 5.57. The summed E-state index contributed by atoms with van der Waals surface area (Å²) in [5, 5.41) is 0. The zero-order chi connectivity index (χ0) is 16.0. The second kappa shape index (κ2) is 5.32. The first-order valence-electron chi connectivity index (χ1n) is 6.81. The van der Waals surface area contributed by atoms with E-state index in [2.05, 4.69) is 0 Å². The largest absolute Gasteiger partial charge is 0.486 e. The third-order valence-electron chi connectivity index (χ3n) is 3.91. The SMILES string of the molecule is C[C@@]1(C(=O)OCC(=O)c2ccc3c(c2)OCCO3)CC1(Cl)Cl. The van der Waals surface area contributed by atoms with E-state index < -0.39 is 15.7 Å². The summed E-state index contributed by atoms with van der Waals surface area (Å²) in [6.07, 6.45) is 0.320. The number of fused-ring (bicyclic) bond motifs is 1. The van der Waals surface area contributed by atoms with E-state index in [1.807, 2.05) is 0 Å². The first-order valence-corrected chi connectivity index (χ1v) is 7.57. The topological polar surface area (TPSA) is 61.8 Å². The molecule has 1 atom stereocenters. The lowest BCUT2D eigenvalue weighted by Crippen LogP contribution is -2.24. The molecule has 22 heavy (non-hydrogen) atoms. The Morgan fingerprint density at radius 2 is 1.86 bits per heavy atom. The van der Waals surface area contributed by atoms with Crippen LogP contribution in [-0.4, -0.2) is 35.9 Å². The third-order valence-corrected chi connectivity index (χ3v) is 5.01. The molecule has 1 aliphatic carbocycles. The van der Waals surface area contributed by atoms with Gasteiger partial charge in [0.25, 0.3) is 0 Å². The highest BCUT2D eigenvalue weighted by Gasteiger charge is 2.69. The van der Waals surface area contributed by atoms with E-state index >= 15 is 0 Å². The van der Waals surface area contributed by atoms with Gasteiger partial charge in [-0.15, -0.1) is 23.2 Å². The smallest absolute Gasteiger partial charge is 0.315 e. The fraction of sp³-hybridized carbons (Fsp3) is 0.467. The van der Waals surface area contributed by atoms with Crippen LogP contribution in [-0.2, 0) is 9.53 Å². The van der Waals surface area contributed by atoms with E-state index in [-0.39, 0.29) is 12.4 Å². The maximum absolute atomic E-state index is 12.1. The number of rotatable bonds is 4.